The predicted octanol–water partition coefficient (Wildman–Crippen LogP) is 2.79. The number of aromatic nitrogens is 1. The molecule has 0 aliphatic rings. The zero-order valence-electron chi connectivity index (χ0n) is 10.4. The Morgan fingerprint density at radius 3 is 2.80 bits per heavy atom. The number of carbonyl (C=O) groups excluding carboxylic acids is 1. The van der Waals surface area contributed by atoms with Crippen LogP contribution in [-0.2, 0) is 0 Å². The molecule has 0 aliphatic heterocycles. The van der Waals surface area contributed by atoms with Crippen molar-refractivity contribution in [3.8, 4) is 6.07 Å². The van der Waals surface area contributed by atoms with Gasteiger partial charge in [-0.25, -0.2) is 9.37 Å². The molecule has 1 aromatic carbocycles. The molecule has 0 saturated heterocycles. The second kappa shape index (κ2) is 5.45. The van der Waals surface area contributed by atoms with Gasteiger partial charge < -0.3 is 5.32 Å². The molecule has 1 heterocycles. The normalized spacial score (nSPS) is 9.90. The molecule has 0 bridgehead atoms. The highest BCUT2D eigenvalue weighted by atomic mass is 19.2. The molecule has 1 amide bonds. The second-order valence-corrected chi connectivity index (χ2v) is 4.03. The molecule has 4 nitrogen and oxygen atoms in total. The number of nitriles is 1. The van der Waals surface area contributed by atoms with E-state index in [1.54, 1.807) is 19.1 Å². The Morgan fingerprint density at radius 1 is 1.35 bits per heavy atom. The second-order valence-electron chi connectivity index (χ2n) is 4.03. The smallest absolute Gasteiger partial charge is 0.258 e. The van der Waals surface area contributed by atoms with Crippen LogP contribution in [0.4, 0.5) is 14.5 Å². The van der Waals surface area contributed by atoms with Crippen molar-refractivity contribution < 1.29 is 13.6 Å². The van der Waals surface area contributed by atoms with Crippen LogP contribution < -0.4 is 5.32 Å². The van der Waals surface area contributed by atoms with Gasteiger partial charge in [0.15, 0.2) is 5.82 Å². The van der Waals surface area contributed by atoms with Crippen molar-refractivity contribution in [3.63, 3.8) is 0 Å². The molecular formula is C14H9F2N3O. The van der Waals surface area contributed by atoms with Gasteiger partial charge in [0, 0.05) is 6.20 Å². The first kappa shape index (κ1) is 13.6. The number of rotatable bonds is 2. The summed E-state index contributed by atoms with van der Waals surface area (Å²) in [6, 6.07) is 7.89. The number of hydrogen-bond acceptors (Lipinski definition) is 3. The van der Waals surface area contributed by atoms with E-state index in [2.05, 4.69) is 10.3 Å². The van der Waals surface area contributed by atoms with Crippen LogP contribution >= 0.6 is 0 Å². The molecule has 0 radical (unpaired) electrons. The number of hydrogen-bond donors (Lipinski definition) is 1. The highest BCUT2D eigenvalue weighted by Gasteiger charge is 2.17. The van der Waals surface area contributed by atoms with Crippen LogP contribution in [0.1, 0.15) is 21.5 Å². The van der Waals surface area contributed by atoms with Gasteiger partial charge in [0.1, 0.15) is 6.07 Å². The van der Waals surface area contributed by atoms with E-state index in [0.29, 0.717) is 5.56 Å². The Labute approximate surface area is 113 Å². The number of nitrogens with one attached hydrogen (secondary N) is 1. The highest BCUT2D eigenvalue weighted by Crippen LogP contribution is 2.20. The van der Waals surface area contributed by atoms with E-state index in [-0.39, 0.29) is 11.3 Å². The fourth-order valence-corrected chi connectivity index (χ4v) is 1.70. The van der Waals surface area contributed by atoms with Gasteiger partial charge in [-0.15, -0.1) is 0 Å². The number of amides is 1. The van der Waals surface area contributed by atoms with Gasteiger partial charge >= 0.3 is 0 Å². The number of pyridine rings is 1. The minimum atomic E-state index is -1.35. The maximum atomic E-state index is 13.5. The van der Waals surface area contributed by atoms with Crippen molar-refractivity contribution in [3.05, 3.63) is 58.9 Å². The zero-order chi connectivity index (χ0) is 14.7. The maximum absolute atomic E-state index is 13.5. The quantitative estimate of drug-likeness (QED) is 0.855. The number of benzene rings is 1. The summed E-state index contributed by atoms with van der Waals surface area (Å²) < 4.78 is 26.4. The molecule has 2 aromatic rings. The molecular weight excluding hydrogens is 264 g/mol. The van der Waals surface area contributed by atoms with Crippen molar-refractivity contribution in [1.82, 2.24) is 4.98 Å². The number of nitrogens with zero attached hydrogens (tertiary/aromatic N) is 2. The standard InChI is InChI=1S/C14H9F2N3O/c1-8-3-2-4-11(10(8)7-17)19-14(20)9-5-6-18-13(16)12(9)15/h2-6H,1H3,(H,19,20). The van der Waals surface area contributed by atoms with Gasteiger partial charge in [0.05, 0.1) is 16.8 Å². The number of carbonyl (C=O) groups is 1. The van der Waals surface area contributed by atoms with Crippen LogP contribution in [0.3, 0.4) is 0 Å². The minimum absolute atomic E-state index is 0.245. The molecule has 6 heteroatoms. The lowest BCUT2D eigenvalue weighted by atomic mass is 10.1. The molecule has 0 unspecified atom stereocenters. The van der Waals surface area contributed by atoms with E-state index in [9.17, 15) is 13.6 Å². The Bertz CT molecular complexity index is 723. The van der Waals surface area contributed by atoms with Gasteiger partial charge in [-0.1, -0.05) is 12.1 Å². The minimum Gasteiger partial charge on any atom is -0.321 e. The lowest BCUT2D eigenvalue weighted by molar-refractivity contribution is 0.102. The SMILES string of the molecule is Cc1cccc(NC(=O)c2ccnc(F)c2F)c1C#N. The summed E-state index contributed by atoms with van der Waals surface area (Å²) in [5, 5.41) is 11.4. The summed E-state index contributed by atoms with van der Waals surface area (Å²) >= 11 is 0. The fourth-order valence-electron chi connectivity index (χ4n) is 1.70. The number of halogens is 2. The molecule has 20 heavy (non-hydrogen) atoms. The van der Waals surface area contributed by atoms with E-state index in [0.717, 1.165) is 12.3 Å². The predicted molar refractivity (Wildman–Crippen MR) is 68.0 cm³/mol. The summed E-state index contributed by atoms with van der Waals surface area (Å²) in [6.07, 6.45) is 0.995. The third-order valence-electron chi connectivity index (χ3n) is 2.72. The van der Waals surface area contributed by atoms with Crippen molar-refractivity contribution in [2.24, 2.45) is 0 Å². The zero-order valence-corrected chi connectivity index (χ0v) is 10.4. The molecule has 0 spiro atoms. The van der Waals surface area contributed by atoms with Gasteiger partial charge in [-0.2, -0.15) is 9.65 Å². The summed E-state index contributed by atoms with van der Waals surface area (Å²) in [4.78, 5) is 15.0. The van der Waals surface area contributed by atoms with Crippen molar-refractivity contribution >= 4 is 11.6 Å². The van der Waals surface area contributed by atoms with Crippen LogP contribution in [-0.4, -0.2) is 10.9 Å². The van der Waals surface area contributed by atoms with Crippen LogP contribution in [0.25, 0.3) is 0 Å². The Kier molecular flexibility index (Phi) is 3.71. The third kappa shape index (κ3) is 2.47. The lowest BCUT2D eigenvalue weighted by Crippen LogP contribution is -2.16. The largest absolute Gasteiger partial charge is 0.321 e. The van der Waals surface area contributed by atoms with Gasteiger partial charge in [0.2, 0.25) is 5.95 Å². The van der Waals surface area contributed by atoms with Crippen molar-refractivity contribution in [2.45, 2.75) is 6.92 Å². The topological polar surface area (TPSA) is 65.8 Å². The van der Waals surface area contributed by atoms with E-state index < -0.39 is 23.2 Å². The monoisotopic (exact) mass is 273 g/mol. The molecule has 100 valence electrons. The van der Waals surface area contributed by atoms with Gasteiger partial charge in [-0.3, -0.25) is 4.79 Å². The summed E-state index contributed by atoms with van der Waals surface area (Å²) in [6.45, 7) is 1.71. The van der Waals surface area contributed by atoms with Crippen LogP contribution in [0, 0.1) is 30.0 Å². The first-order chi connectivity index (χ1) is 9.54. The summed E-state index contributed by atoms with van der Waals surface area (Å²) in [7, 11) is 0. The lowest BCUT2D eigenvalue weighted by Gasteiger charge is -2.09. The first-order valence-corrected chi connectivity index (χ1v) is 5.65. The van der Waals surface area contributed by atoms with E-state index >= 15 is 0 Å². The Hall–Kier alpha value is -2.81. The average molecular weight is 273 g/mol. The van der Waals surface area contributed by atoms with Crippen LogP contribution in [0.2, 0.25) is 0 Å². The van der Waals surface area contributed by atoms with Crippen molar-refractivity contribution in [1.29, 1.82) is 5.26 Å². The van der Waals surface area contributed by atoms with Crippen molar-refractivity contribution in [2.75, 3.05) is 5.32 Å². The fraction of sp³-hybridized carbons (Fsp3) is 0.0714. The summed E-state index contributed by atoms with van der Waals surface area (Å²) in [5.41, 5.74) is 0.722. The van der Waals surface area contributed by atoms with Gasteiger partial charge in [-0.05, 0) is 24.6 Å². The summed E-state index contributed by atoms with van der Waals surface area (Å²) in [5.74, 6) is -3.51. The van der Waals surface area contributed by atoms with Gasteiger partial charge in [0.25, 0.3) is 5.91 Å². The van der Waals surface area contributed by atoms with Crippen LogP contribution in [0.15, 0.2) is 30.5 Å². The third-order valence-corrected chi connectivity index (χ3v) is 2.72. The average Bonchev–Trinajstić information content (AvgIpc) is 2.42. The molecule has 0 atom stereocenters. The molecule has 0 fully saturated rings. The molecule has 1 aromatic heterocycles. The Balaban J connectivity index is 2.36. The maximum Gasteiger partial charge on any atom is 0.258 e. The van der Waals surface area contributed by atoms with Crippen LogP contribution in [0.5, 0.6) is 0 Å². The molecule has 0 saturated carbocycles. The van der Waals surface area contributed by atoms with E-state index in [1.807, 2.05) is 6.07 Å². The number of aryl methyl sites for hydroxylation is 1. The number of anilines is 1. The van der Waals surface area contributed by atoms with E-state index in [4.69, 9.17) is 5.26 Å². The Morgan fingerprint density at radius 2 is 2.10 bits per heavy atom. The molecule has 2 rings (SSSR count). The molecule has 1 N–H and O–H groups in total. The molecule has 0 aliphatic carbocycles. The van der Waals surface area contributed by atoms with E-state index in [1.165, 1.54) is 6.07 Å². The first-order valence-electron chi connectivity index (χ1n) is 5.65. The highest BCUT2D eigenvalue weighted by molar-refractivity contribution is 6.05.